The summed E-state index contributed by atoms with van der Waals surface area (Å²) in [5.74, 6) is -4.21. The minimum absolute atomic E-state index is 0.00596. The predicted molar refractivity (Wildman–Crippen MR) is 170 cm³/mol. The highest BCUT2D eigenvalue weighted by atomic mass is 35.5. The van der Waals surface area contributed by atoms with E-state index in [4.69, 9.17) is 55.9 Å². The van der Waals surface area contributed by atoms with Crippen LogP contribution < -0.4 is 9.47 Å². The number of ketones is 1. The SMILES string of the molecule is COc1cccc(C(=O)Oc2ccc(C(=O)CN(C(=O)c3ccc([N+](=O)[O-])cc3)N3C(=O)c4c(Cl)c(Cl)c(Cl)c(Cl)c4C3=O)cc2)c1. The van der Waals surface area contributed by atoms with Gasteiger partial charge in [0.15, 0.2) is 5.78 Å². The molecule has 238 valence electrons. The van der Waals surface area contributed by atoms with Gasteiger partial charge in [-0.15, -0.1) is 0 Å². The number of amides is 3. The molecule has 4 aromatic rings. The first-order valence-corrected chi connectivity index (χ1v) is 14.7. The van der Waals surface area contributed by atoms with Crippen LogP contribution in [0.5, 0.6) is 11.5 Å². The van der Waals surface area contributed by atoms with Crippen LogP contribution >= 0.6 is 46.4 Å². The van der Waals surface area contributed by atoms with Gasteiger partial charge in [-0.05, 0) is 54.6 Å². The van der Waals surface area contributed by atoms with E-state index in [2.05, 4.69) is 0 Å². The molecule has 1 aliphatic rings. The number of Topliss-reactive ketones (excluding diaryl/α,β-unsaturated/α-hetero) is 1. The number of rotatable bonds is 9. The van der Waals surface area contributed by atoms with Gasteiger partial charge < -0.3 is 9.47 Å². The molecule has 4 aromatic carbocycles. The summed E-state index contributed by atoms with van der Waals surface area (Å²) in [5, 5.41) is 10.6. The highest BCUT2D eigenvalue weighted by Gasteiger charge is 2.46. The predicted octanol–water partition coefficient (Wildman–Crippen LogP) is 6.97. The van der Waals surface area contributed by atoms with Crippen LogP contribution in [-0.2, 0) is 0 Å². The van der Waals surface area contributed by atoms with E-state index in [1.165, 1.54) is 43.5 Å². The molecule has 0 N–H and O–H groups in total. The van der Waals surface area contributed by atoms with E-state index in [0.29, 0.717) is 15.8 Å². The molecule has 0 saturated heterocycles. The van der Waals surface area contributed by atoms with Crippen molar-refractivity contribution < 1.29 is 38.4 Å². The molecular formula is C31H17Cl4N3O9. The van der Waals surface area contributed by atoms with Crippen molar-refractivity contribution in [2.45, 2.75) is 0 Å². The summed E-state index contributed by atoms with van der Waals surface area (Å²) >= 11 is 24.7. The average Bonchev–Trinajstić information content (AvgIpc) is 3.34. The van der Waals surface area contributed by atoms with Crippen molar-refractivity contribution in [3.05, 3.63) is 131 Å². The number of fused-ring (bicyclic) bond motifs is 1. The van der Waals surface area contributed by atoms with E-state index in [1.807, 2.05) is 0 Å². The van der Waals surface area contributed by atoms with Gasteiger partial charge in [0.05, 0.1) is 48.8 Å². The largest absolute Gasteiger partial charge is 0.497 e. The summed E-state index contributed by atoms with van der Waals surface area (Å²) in [6.07, 6.45) is 0. The molecule has 0 bridgehead atoms. The molecule has 1 aliphatic heterocycles. The summed E-state index contributed by atoms with van der Waals surface area (Å²) in [5.41, 5.74) is -1.19. The van der Waals surface area contributed by atoms with Crippen LogP contribution in [0.4, 0.5) is 5.69 Å². The van der Waals surface area contributed by atoms with Crippen LogP contribution in [0.3, 0.4) is 0 Å². The van der Waals surface area contributed by atoms with E-state index in [-0.39, 0.29) is 38.2 Å². The fourth-order valence-electron chi connectivity index (χ4n) is 4.52. The van der Waals surface area contributed by atoms with Crippen LogP contribution in [0, 0.1) is 10.1 Å². The number of methoxy groups -OCH3 is 1. The molecule has 0 spiro atoms. The minimum Gasteiger partial charge on any atom is -0.497 e. The zero-order chi connectivity index (χ0) is 34.2. The third-order valence-electron chi connectivity index (χ3n) is 6.87. The lowest BCUT2D eigenvalue weighted by Gasteiger charge is -2.29. The number of ether oxygens (including phenoxy) is 2. The van der Waals surface area contributed by atoms with Crippen LogP contribution in [0.2, 0.25) is 20.1 Å². The molecule has 5 rings (SSSR count). The lowest BCUT2D eigenvalue weighted by Crippen LogP contribution is -2.51. The number of nitrogens with zero attached hydrogens (tertiary/aromatic N) is 3. The third-order valence-corrected chi connectivity index (χ3v) is 8.67. The highest BCUT2D eigenvalue weighted by Crippen LogP contribution is 2.45. The topological polar surface area (TPSA) is 153 Å². The molecule has 47 heavy (non-hydrogen) atoms. The van der Waals surface area contributed by atoms with Gasteiger partial charge in [-0.1, -0.05) is 52.5 Å². The minimum atomic E-state index is -1.13. The molecule has 0 unspecified atom stereocenters. The normalized spacial score (nSPS) is 12.1. The Hall–Kier alpha value is -5.01. The number of non-ortho nitro benzene ring substituents is 1. The number of esters is 1. The third kappa shape index (κ3) is 6.36. The molecule has 12 nitrogen and oxygen atoms in total. The second-order valence-electron chi connectivity index (χ2n) is 9.66. The number of carbonyl (C=O) groups is 5. The molecule has 0 aliphatic carbocycles. The number of carbonyl (C=O) groups excluding carboxylic acids is 5. The Balaban J connectivity index is 1.45. The number of hydrazine groups is 1. The van der Waals surface area contributed by atoms with E-state index >= 15 is 0 Å². The highest BCUT2D eigenvalue weighted by molar-refractivity contribution is 6.55. The molecule has 0 saturated carbocycles. The number of hydrogen-bond donors (Lipinski definition) is 0. The van der Waals surface area contributed by atoms with Gasteiger partial charge in [0.2, 0.25) is 0 Å². The van der Waals surface area contributed by atoms with Gasteiger partial charge >= 0.3 is 5.97 Å². The van der Waals surface area contributed by atoms with Gasteiger partial charge in [-0.3, -0.25) is 29.3 Å². The zero-order valence-corrected chi connectivity index (χ0v) is 26.7. The number of imide groups is 1. The van der Waals surface area contributed by atoms with E-state index in [9.17, 15) is 34.1 Å². The van der Waals surface area contributed by atoms with Gasteiger partial charge in [0.25, 0.3) is 23.4 Å². The Morgan fingerprint density at radius 3 is 1.85 bits per heavy atom. The van der Waals surface area contributed by atoms with Crippen molar-refractivity contribution in [3.8, 4) is 11.5 Å². The summed E-state index contributed by atoms with van der Waals surface area (Å²) in [4.78, 5) is 77.5. The number of nitro groups is 1. The Bertz CT molecular complexity index is 1950. The van der Waals surface area contributed by atoms with Crippen molar-refractivity contribution in [1.29, 1.82) is 0 Å². The standard InChI is InChI=1S/C31H17Cl4N3O9/c1-46-20-4-2-3-17(13-20)31(43)47-19-11-7-15(8-12-19)21(39)14-36(28(40)16-5-9-18(10-6-16)38(44)45)37-29(41)22-23(30(37)42)25(33)27(35)26(34)24(22)32/h2-13H,14H2,1H3. The van der Waals surface area contributed by atoms with E-state index in [1.54, 1.807) is 12.1 Å². The monoisotopic (exact) mass is 715 g/mol. The molecule has 0 atom stereocenters. The Kier molecular flexibility index (Phi) is 9.50. The first kappa shape index (κ1) is 33.4. The summed E-state index contributed by atoms with van der Waals surface area (Å²) in [6.45, 7) is -0.874. The van der Waals surface area contributed by atoms with Crippen LogP contribution in [0.25, 0.3) is 0 Å². The average molecular weight is 717 g/mol. The maximum absolute atomic E-state index is 13.8. The van der Waals surface area contributed by atoms with Crippen LogP contribution in [0.1, 0.15) is 51.8 Å². The van der Waals surface area contributed by atoms with E-state index < -0.39 is 62.1 Å². The van der Waals surface area contributed by atoms with Gasteiger partial charge in [0, 0.05) is 23.3 Å². The summed E-state index contributed by atoms with van der Waals surface area (Å²) in [7, 11) is 1.45. The fraction of sp³-hybridized carbons (Fsp3) is 0.0645. The van der Waals surface area contributed by atoms with Gasteiger partial charge in [0.1, 0.15) is 18.0 Å². The number of benzene rings is 4. The number of halogens is 4. The van der Waals surface area contributed by atoms with Crippen LogP contribution in [0.15, 0.2) is 72.8 Å². The Morgan fingerprint density at radius 2 is 1.32 bits per heavy atom. The Labute approximate surface area is 285 Å². The molecule has 0 fully saturated rings. The second kappa shape index (κ2) is 13.4. The first-order valence-electron chi connectivity index (χ1n) is 13.1. The quantitative estimate of drug-likeness (QED) is 0.0261. The fourth-order valence-corrected chi connectivity index (χ4v) is 5.53. The van der Waals surface area contributed by atoms with Crippen molar-refractivity contribution in [1.82, 2.24) is 10.0 Å². The summed E-state index contributed by atoms with van der Waals surface area (Å²) in [6, 6.07) is 15.8. The number of hydrogen-bond acceptors (Lipinski definition) is 9. The second-order valence-corrected chi connectivity index (χ2v) is 11.2. The zero-order valence-electron chi connectivity index (χ0n) is 23.7. The van der Waals surface area contributed by atoms with Gasteiger partial charge in [-0.25, -0.2) is 9.80 Å². The lowest BCUT2D eigenvalue weighted by molar-refractivity contribution is -0.384. The Morgan fingerprint density at radius 1 is 0.766 bits per heavy atom. The first-order chi connectivity index (χ1) is 22.3. The molecule has 0 radical (unpaired) electrons. The molecule has 3 amide bonds. The van der Waals surface area contributed by atoms with Gasteiger partial charge in [-0.2, -0.15) is 5.01 Å². The summed E-state index contributed by atoms with van der Waals surface area (Å²) < 4.78 is 10.5. The molecular weight excluding hydrogens is 700 g/mol. The van der Waals surface area contributed by atoms with Crippen LogP contribution in [-0.4, -0.2) is 58.1 Å². The molecule has 0 aromatic heterocycles. The molecule has 1 heterocycles. The van der Waals surface area contributed by atoms with Crippen molar-refractivity contribution in [3.63, 3.8) is 0 Å². The number of nitro benzene ring substituents is 1. The maximum Gasteiger partial charge on any atom is 0.343 e. The van der Waals surface area contributed by atoms with Crippen molar-refractivity contribution in [2.75, 3.05) is 13.7 Å². The lowest BCUT2D eigenvalue weighted by atomic mass is 10.1. The molecule has 16 heteroatoms. The van der Waals surface area contributed by atoms with Crippen molar-refractivity contribution in [2.24, 2.45) is 0 Å². The van der Waals surface area contributed by atoms with Crippen molar-refractivity contribution >= 4 is 81.6 Å². The maximum atomic E-state index is 13.8. The smallest absolute Gasteiger partial charge is 0.343 e. The van der Waals surface area contributed by atoms with E-state index in [0.717, 1.165) is 24.3 Å².